The summed E-state index contributed by atoms with van der Waals surface area (Å²) in [6, 6.07) is -0.814. The zero-order valence-corrected chi connectivity index (χ0v) is 8.61. The van der Waals surface area contributed by atoms with Gasteiger partial charge in [-0.15, -0.1) is 0 Å². The first-order valence-corrected chi connectivity index (χ1v) is 5.46. The largest absolute Gasteiger partial charge is 0.480 e. The Balaban J connectivity index is 1.89. The average molecular weight is 212 g/mol. The fourth-order valence-corrected chi connectivity index (χ4v) is 2.29. The van der Waals surface area contributed by atoms with Crippen molar-refractivity contribution in [3.05, 3.63) is 0 Å². The van der Waals surface area contributed by atoms with Gasteiger partial charge < -0.3 is 10.0 Å². The lowest BCUT2D eigenvalue weighted by molar-refractivity contribution is -0.139. The van der Waals surface area contributed by atoms with E-state index in [1.54, 1.807) is 0 Å². The van der Waals surface area contributed by atoms with Crippen molar-refractivity contribution in [2.45, 2.75) is 37.8 Å². The van der Waals surface area contributed by atoms with Gasteiger partial charge >= 0.3 is 5.97 Å². The fourth-order valence-electron chi connectivity index (χ4n) is 2.29. The van der Waals surface area contributed by atoms with Crippen LogP contribution in [0.3, 0.4) is 0 Å². The summed E-state index contributed by atoms with van der Waals surface area (Å²) in [5, 5.41) is 11.7. The van der Waals surface area contributed by atoms with E-state index >= 15 is 0 Å². The van der Waals surface area contributed by atoms with Gasteiger partial charge in [-0.2, -0.15) is 0 Å². The van der Waals surface area contributed by atoms with Crippen molar-refractivity contribution >= 4 is 11.9 Å². The van der Waals surface area contributed by atoms with Gasteiger partial charge in [0.25, 0.3) is 0 Å². The molecule has 1 amide bonds. The predicted molar refractivity (Wildman–Crippen MR) is 53.4 cm³/mol. The molecule has 2 aliphatic rings. The van der Waals surface area contributed by atoms with E-state index in [-0.39, 0.29) is 11.9 Å². The van der Waals surface area contributed by atoms with E-state index in [1.165, 1.54) is 0 Å². The molecule has 0 aliphatic carbocycles. The summed E-state index contributed by atoms with van der Waals surface area (Å²) in [4.78, 5) is 24.4. The van der Waals surface area contributed by atoms with Gasteiger partial charge in [-0.05, 0) is 25.7 Å². The Kier molecular flexibility index (Phi) is 2.90. The van der Waals surface area contributed by atoms with Gasteiger partial charge in [0, 0.05) is 13.1 Å². The summed E-state index contributed by atoms with van der Waals surface area (Å²) in [5.74, 6) is -0.775. The number of hydrogen-bond donors (Lipinski definition) is 2. The Labute approximate surface area is 88.4 Å². The summed E-state index contributed by atoms with van der Waals surface area (Å²) in [6.07, 6.45) is 3.34. The van der Waals surface area contributed by atoms with E-state index in [2.05, 4.69) is 5.32 Å². The summed E-state index contributed by atoms with van der Waals surface area (Å²) >= 11 is 0. The zero-order valence-electron chi connectivity index (χ0n) is 8.61. The van der Waals surface area contributed by atoms with Crippen molar-refractivity contribution in [2.24, 2.45) is 0 Å². The number of carboxylic acid groups (broad SMARTS) is 1. The van der Waals surface area contributed by atoms with E-state index < -0.39 is 12.0 Å². The molecule has 0 saturated carbocycles. The number of likely N-dealkylation sites (tertiary alicyclic amines) is 1. The van der Waals surface area contributed by atoms with Crippen LogP contribution in [0.4, 0.5) is 0 Å². The minimum atomic E-state index is -0.855. The summed E-state index contributed by atoms with van der Waals surface area (Å²) < 4.78 is 0. The molecule has 2 fully saturated rings. The van der Waals surface area contributed by atoms with Crippen molar-refractivity contribution in [3.63, 3.8) is 0 Å². The molecule has 0 aromatic rings. The summed E-state index contributed by atoms with van der Waals surface area (Å²) in [5.41, 5.74) is 0. The molecule has 84 valence electrons. The fraction of sp³-hybridized carbons (Fsp3) is 0.800. The molecule has 15 heavy (non-hydrogen) atoms. The molecule has 5 nitrogen and oxygen atoms in total. The lowest BCUT2D eigenvalue weighted by atomic mass is 10.2. The maximum Gasteiger partial charge on any atom is 0.320 e. The van der Waals surface area contributed by atoms with Crippen LogP contribution in [0, 0.1) is 0 Å². The highest BCUT2D eigenvalue weighted by atomic mass is 16.4. The number of rotatable bonds is 2. The second kappa shape index (κ2) is 4.18. The van der Waals surface area contributed by atoms with E-state index in [4.69, 9.17) is 5.11 Å². The van der Waals surface area contributed by atoms with Crippen molar-refractivity contribution in [3.8, 4) is 0 Å². The van der Waals surface area contributed by atoms with Crippen LogP contribution in [-0.2, 0) is 9.59 Å². The van der Waals surface area contributed by atoms with Crippen LogP contribution in [0.15, 0.2) is 0 Å². The first kappa shape index (κ1) is 10.4. The standard InChI is InChI=1S/C10H16N2O3/c13-9(12-5-1-2-6-12)7-3-4-8(11-7)10(14)15/h7-8,11H,1-6H2,(H,14,15)/t7-,8+/m0/s1. The van der Waals surface area contributed by atoms with E-state index in [0.717, 1.165) is 25.9 Å². The van der Waals surface area contributed by atoms with Gasteiger partial charge in [0.15, 0.2) is 0 Å². The Morgan fingerprint density at radius 2 is 1.73 bits per heavy atom. The lowest BCUT2D eigenvalue weighted by Crippen LogP contribution is -2.45. The first-order valence-electron chi connectivity index (χ1n) is 5.46. The van der Waals surface area contributed by atoms with Crippen LogP contribution < -0.4 is 5.32 Å². The van der Waals surface area contributed by atoms with Gasteiger partial charge in [-0.3, -0.25) is 14.9 Å². The van der Waals surface area contributed by atoms with Crippen LogP contribution in [0.1, 0.15) is 25.7 Å². The van der Waals surface area contributed by atoms with Gasteiger partial charge in [-0.25, -0.2) is 0 Å². The SMILES string of the molecule is O=C(O)[C@H]1CC[C@@H](C(=O)N2CCCC2)N1. The lowest BCUT2D eigenvalue weighted by Gasteiger charge is -2.20. The van der Waals surface area contributed by atoms with Gasteiger partial charge in [0.2, 0.25) is 5.91 Å². The number of hydrogen-bond acceptors (Lipinski definition) is 3. The van der Waals surface area contributed by atoms with E-state index in [1.807, 2.05) is 4.90 Å². The van der Waals surface area contributed by atoms with Crippen LogP contribution in [0.5, 0.6) is 0 Å². The van der Waals surface area contributed by atoms with Crippen LogP contribution in [-0.4, -0.2) is 47.1 Å². The summed E-state index contributed by atoms with van der Waals surface area (Å²) in [6.45, 7) is 1.66. The molecule has 0 spiro atoms. The Morgan fingerprint density at radius 1 is 1.13 bits per heavy atom. The normalized spacial score (nSPS) is 30.8. The molecule has 5 heteroatoms. The highest BCUT2D eigenvalue weighted by Crippen LogP contribution is 2.17. The molecule has 2 rings (SSSR count). The minimum Gasteiger partial charge on any atom is -0.480 e. The molecule has 2 N–H and O–H groups in total. The smallest absolute Gasteiger partial charge is 0.320 e. The third-order valence-corrected chi connectivity index (χ3v) is 3.16. The molecular formula is C10H16N2O3. The monoisotopic (exact) mass is 212 g/mol. The quantitative estimate of drug-likeness (QED) is 0.666. The Morgan fingerprint density at radius 3 is 2.27 bits per heavy atom. The number of carboxylic acids is 1. The zero-order chi connectivity index (χ0) is 10.8. The molecule has 0 aromatic carbocycles. The third kappa shape index (κ3) is 2.12. The average Bonchev–Trinajstić information content (AvgIpc) is 2.88. The molecule has 2 atom stereocenters. The van der Waals surface area contributed by atoms with Crippen molar-refractivity contribution in [1.29, 1.82) is 0 Å². The van der Waals surface area contributed by atoms with Gasteiger partial charge in [0.05, 0.1) is 6.04 Å². The molecule has 0 unspecified atom stereocenters. The highest BCUT2D eigenvalue weighted by molar-refractivity contribution is 5.84. The van der Waals surface area contributed by atoms with Crippen LogP contribution in [0.25, 0.3) is 0 Å². The second-order valence-electron chi connectivity index (χ2n) is 4.22. The number of aliphatic carboxylic acids is 1. The molecule has 0 aromatic heterocycles. The second-order valence-corrected chi connectivity index (χ2v) is 4.22. The number of amides is 1. The number of carbonyl (C=O) groups is 2. The summed E-state index contributed by atoms with van der Waals surface area (Å²) in [7, 11) is 0. The van der Waals surface area contributed by atoms with Crippen LogP contribution in [0.2, 0.25) is 0 Å². The first-order chi connectivity index (χ1) is 7.18. The van der Waals surface area contributed by atoms with Crippen molar-refractivity contribution < 1.29 is 14.7 Å². The maximum absolute atomic E-state index is 11.9. The molecule has 0 bridgehead atoms. The molecule has 2 saturated heterocycles. The van der Waals surface area contributed by atoms with E-state index in [9.17, 15) is 9.59 Å². The van der Waals surface area contributed by atoms with Crippen molar-refractivity contribution in [1.82, 2.24) is 10.2 Å². The number of carbonyl (C=O) groups excluding carboxylic acids is 1. The van der Waals surface area contributed by atoms with Gasteiger partial charge in [-0.1, -0.05) is 0 Å². The van der Waals surface area contributed by atoms with Crippen molar-refractivity contribution in [2.75, 3.05) is 13.1 Å². The van der Waals surface area contributed by atoms with Gasteiger partial charge in [0.1, 0.15) is 6.04 Å². The molecule has 2 heterocycles. The highest BCUT2D eigenvalue weighted by Gasteiger charge is 2.35. The van der Waals surface area contributed by atoms with Crippen LogP contribution >= 0.6 is 0 Å². The molecule has 0 radical (unpaired) electrons. The molecule has 2 aliphatic heterocycles. The number of nitrogens with zero attached hydrogens (tertiary/aromatic N) is 1. The Hall–Kier alpha value is -1.10. The minimum absolute atomic E-state index is 0.0799. The number of nitrogens with one attached hydrogen (secondary N) is 1. The third-order valence-electron chi connectivity index (χ3n) is 3.16. The molecular weight excluding hydrogens is 196 g/mol. The topological polar surface area (TPSA) is 69.6 Å². The maximum atomic E-state index is 11.9. The van der Waals surface area contributed by atoms with E-state index in [0.29, 0.717) is 12.8 Å². The predicted octanol–water partition coefficient (Wildman–Crippen LogP) is -0.186. The Bertz CT molecular complexity index is 274.